The van der Waals surface area contributed by atoms with Gasteiger partial charge < -0.3 is 4.42 Å². The average Bonchev–Trinajstić information content (AvgIpc) is 3.29. The number of para-hydroxylation sites is 1. The summed E-state index contributed by atoms with van der Waals surface area (Å²) in [6, 6.07) is 22.8. The summed E-state index contributed by atoms with van der Waals surface area (Å²) in [5.41, 5.74) is 6.29. The van der Waals surface area contributed by atoms with Crippen LogP contribution in [0.2, 0.25) is 0 Å². The van der Waals surface area contributed by atoms with Gasteiger partial charge in [-0.05, 0) is 48.6 Å². The SMILES string of the molecule is C1=CC(c2nc(-c3ccccc3)nc(C3CC=Cc4cc5oc6ccccc6c5cc43)n2)=CCC1. The van der Waals surface area contributed by atoms with Crippen molar-refractivity contribution in [2.45, 2.75) is 25.2 Å². The van der Waals surface area contributed by atoms with E-state index in [1.807, 2.05) is 30.3 Å². The number of rotatable bonds is 3. The van der Waals surface area contributed by atoms with Gasteiger partial charge >= 0.3 is 0 Å². The summed E-state index contributed by atoms with van der Waals surface area (Å²) in [7, 11) is 0. The Kier molecular flexibility index (Phi) is 4.69. The normalized spacial score (nSPS) is 17.0. The van der Waals surface area contributed by atoms with Gasteiger partial charge in [-0.3, -0.25) is 0 Å². The van der Waals surface area contributed by atoms with E-state index in [-0.39, 0.29) is 5.92 Å². The monoisotopic (exact) mass is 453 g/mol. The zero-order valence-corrected chi connectivity index (χ0v) is 19.2. The molecule has 0 radical (unpaired) electrons. The van der Waals surface area contributed by atoms with Crippen LogP contribution in [0.5, 0.6) is 0 Å². The van der Waals surface area contributed by atoms with E-state index in [0.29, 0.717) is 0 Å². The minimum Gasteiger partial charge on any atom is -0.456 e. The maximum Gasteiger partial charge on any atom is 0.163 e. The lowest BCUT2D eigenvalue weighted by Crippen LogP contribution is -2.13. The van der Waals surface area contributed by atoms with Gasteiger partial charge in [-0.2, -0.15) is 0 Å². The molecule has 7 rings (SSSR count). The lowest BCUT2D eigenvalue weighted by molar-refractivity contribution is 0.667. The summed E-state index contributed by atoms with van der Waals surface area (Å²) in [4.78, 5) is 14.9. The number of benzene rings is 3. The van der Waals surface area contributed by atoms with Gasteiger partial charge in [-0.1, -0.05) is 78.9 Å². The van der Waals surface area contributed by atoms with Crippen molar-refractivity contribution >= 4 is 33.6 Å². The van der Waals surface area contributed by atoms with Gasteiger partial charge in [0, 0.05) is 27.8 Å². The molecule has 1 unspecified atom stereocenters. The molecule has 3 aromatic carbocycles. The molecule has 0 saturated carbocycles. The number of allylic oxidation sites excluding steroid dienone is 5. The molecular formula is C31H23N3O. The molecular weight excluding hydrogens is 430 g/mol. The first-order valence-electron chi connectivity index (χ1n) is 12.1. The minimum absolute atomic E-state index is 0.0467. The Morgan fingerprint density at radius 3 is 2.46 bits per heavy atom. The zero-order valence-electron chi connectivity index (χ0n) is 19.2. The van der Waals surface area contributed by atoms with E-state index in [1.54, 1.807) is 0 Å². The minimum atomic E-state index is 0.0467. The predicted octanol–water partition coefficient (Wildman–Crippen LogP) is 7.72. The second-order valence-corrected chi connectivity index (χ2v) is 9.11. The van der Waals surface area contributed by atoms with Crippen LogP contribution in [0.1, 0.15) is 48.0 Å². The number of aromatic nitrogens is 3. The Morgan fingerprint density at radius 2 is 1.57 bits per heavy atom. The fraction of sp³-hybridized carbons (Fsp3) is 0.129. The van der Waals surface area contributed by atoms with Gasteiger partial charge in [0.2, 0.25) is 0 Å². The molecule has 4 nitrogen and oxygen atoms in total. The van der Waals surface area contributed by atoms with E-state index in [1.165, 1.54) is 5.56 Å². The molecule has 0 saturated heterocycles. The predicted molar refractivity (Wildman–Crippen MR) is 141 cm³/mol. The Hall–Kier alpha value is -4.31. The third kappa shape index (κ3) is 3.50. The zero-order chi connectivity index (χ0) is 23.2. The molecule has 2 aliphatic rings. The van der Waals surface area contributed by atoms with E-state index in [0.717, 1.165) is 75.4 Å². The summed E-state index contributed by atoms with van der Waals surface area (Å²) >= 11 is 0. The summed E-state index contributed by atoms with van der Waals surface area (Å²) in [6.45, 7) is 0. The van der Waals surface area contributed by atoms with Gasteiger partial charge in [0.15, 0.2) is 11.6 Å². The van der Waals surface area contributed by atoms with E-state index in [2.05, 4.69) is 66.8 Å². The molecule has 2 heterocycles. The topological polar surface area (TPSA) is 51.8 Å². The molecule has 0 N–H and O–H groups in total. The Morgan fingerprint density at radius 1 is 0.714 bits per heavy atom. The standard InChI is InChI=1S/C31H23N3O/c1-3-10-20(11-4-1)29-32-30(21-12-5-2-6-13-21)34-31(33-29)24-16-9-14-22-18-28-26(19-25(22)24)23-15-7-8-17-27(23)35-28/h1,3-5,7-15,17-19,24H,2,6,16H2. The highest BCUT2D eigenvalue weighted by atomic mass is 16.3. The summed E-state index contributed by atoms with van der Waals surface area (Å²) in [6.07, 6.45) is 13.9. The van der Waals surface area contributed by atoms with Crippen LogP contribution >= 0.6 is 0 Å². The molecule has 0 bridgehead atoms. The van der Waals surface area contributed by atoms with Gasteiger partial charge in [-0.15, -0.1) is 0 Å². The van der Waals surface area contributed by atoms with Gasteiger partial charge in [0.1, 0.15) is 17.0 Å². The number of hydrogen-bond acceptors (Lipinski definition) is 4. The van der Waals surface area contributed by atoms with Crippen molar-refractivity contribution in [2.24, 2.45) is 0 Å². The van der Waals surface area contributed by atoms with Crippen molar-refractivity contribution in [2.75, 3.05) is 0 Å². The van der Waals surface area contributed by atoms with Crippen LogP contribution in [-0.2, 0) is 0 Å². The van der Waals surface area contributed by atoms with Gasteiger partial charge in [0.25, 0.3) is 0 Å². The van der Waals surface area contributed by atoms with Crippen LogP contribution in [0, 0.1) is 0 Å². The Bertz CT molecular complexity index is 1670. The number of nitrogens with zero attached hydrogens (tertiary/aromatic N) is 3. The van der Waals surface area contributed by atoms with Crippen LogP contribution in [0.4, 0.5) is 0 Å². The largest absolute Gasteiger partial charge is 0.456 e. The van der Waals surface area contributed by atoms with E-state index >= 15 is 0 Å². The Balaban J connectivity index is 1.42. The average molecular weight is 454 g/mol. The molecule has 2 aliphatic carbocycles. The molecule has 0 spiro atoms. The van der Waals surface area contributed by atoms with Gasteiger partial charge in [0.05, 0.1) is 0 Å². The fourth-order valence-electron chi connectivity index (χ4n) is 5.13. The summed E-state index contributed by atoms with van der Waals surface area (Å²) in [5.74, 6) is 2.32. The molecule has 0 fully saturated rings. The lowest BCUT2D eigenvalue weighted by atomic mass is 9.85. The number of fused-ring (bicyclic) bond motifs is 4. The maximum absolute atomic E-state index is 6.14. The highest BCUT2D eigenvalue weighted by Crippen LogP contribution is 2.39. The highest BCUT2D eigenvalue weighted by molar-refractivity contribution is 6.05. The molecule has 2 aromatic heterocycles. The Labute approximate surface area is 203 Å². The first-order valence-corrected chi connectivity index (χ1v) is 12.1. The quantitative estimate of drug-likeness (QED) is 0.281. The lowest BCUT2D eigenvalue weighted by Gasteiger charge is -2.22. The third-order valence-electron chi connectivity index (χ3n) is 6.88. The molecule has 1 atom stereocenters. The maximum atomic E-state index is 6.14. The first-order chi connectivity index (χ1) is 17.3. The number of hydrogen-bond donors (Lipinski definition) is 0. The fourth-order valence-corrected chi connectivity index (χ4v) is 5.13. The second-order valence-electron chi connectivity index (χ2n) is 9.11. The van der Waals surface area contributed by atoms with Crippen molar-refractivity contribution in [1.29, 1.82) is 0 Å². The first kappa shape index (κ1) is 20.1. The second kappa shape index (κ2) is 8.17. The molecule has 0 amide bonds. The van der Waals surface area contributed by atoms with Crippen LogP contribution in [0.3, 0.4) is 0 Å². The molecule has 4 heteroatoms. The highest BCUT2D eigenvalue weighted by Gasteiger charge is 2.25. The summed E-state index contributed by atoms with van der Waals surface area (Å²) < 4.78 is 6.14. The molecule has 0 aliphatic heterocycles. The van der Waals surface area contributed by atoms with Crippen molar-refractivity contribution in [1.82, 2.24) is 15.0 Å². The van der Waals surface area contributed by atoms with E-state index in [4.69, 9.17) is 19.4 Å². The number of furan rings is 1. The molecule has 5 aromatic rings. The van der Waals surface area contributed by atoms with Crippen molar-refractivity contribution < 1.29 is 4.42 Å². The van der Waals surface area contributed by atoms with Crippen LogP contribution in [-0.4, -0.2) is 15.0 Å². The summed E-state index contributed by atoms with van der Waals surface area (Å²) in [5, 5.41) is 2.27. The van der Waals surface area contributed by atoms with Crippen LogP contribution in [0.25, 0.3) is 45.0 Å². The molecule has 35 heavy (non-hydrogen) atoms. The molecule has 168 valence electrons. The van der Waals surface area contributed by atoms with Crippen molar-refractivity contribution in [3.8, 4) is 11.4 Å². The van der Waals surface area contributed by atoms with Crippen LogP contribution in [0.15, 0.2) is 95.5 Å². The van der Waals surface area contributed by atoms with Gasteiger partial charge in [-0.25, -0.2) is 15.0 Å². The van der Waals surface area contributed by atoms with Crippen LogP contribution < -0.4 is 0 Å². The van der Waals surface area contributed by atoms with E-state index < -0.39 is 0 Å². The smallest absolute Gasteiger partial charge is 0.163 e. The van der Waals surface area contributed by atoms with Crippen molar-refractivity contribution in [3.05, 3.63) is 114 Å². The van der Waals surface area contributed by atoms with Crippen molar-refractivity contribution in [3.63, 3.8) is 0 Å². The third-order valence-corrected chi connectivity index (χ3v) is 6.88. The van der Waals surface area contributed by atoms with E-state index in [9.17, 15) is 0 Å².